The Labute approximate surface area is 179 Å². The molecule has 0 fully saturated rings. The minimum absolute atomic E-state index is 0.0876. The monoisotopic (exact) mass is 417 g/mol. The first-order chi connectivity index (χ1) is 14.6. The molecule has 0 aromatic heterocycles. The van der Waals surface area contributed by atoms with Crippen molar-refractivity contribution in [2.75, 3.05) is 7.11 Å². The molecule has 1 amide bonds. The molecular weight excluding hydrogens is 398 g/mol. The molecule has 0 radical (unpaired) electrons. The van der Waals surface area contributed by atoms with E-state index in [1.165, 1.54) is 0 Å². The Balaban J connectivity index is 1.86. The summed E-state index contributed by atoms with van der Waals surface area (Å²) in [5, 5.41) is 16.1. The van der Waals surface area contributed by atoms with Gasteiger partial charge in [-0.3, -0.25) is 4.79 Å². The Hall–Kier alpha value is -3.50. The number of aromatic hydroxyl groups is 1. The highest BCUT2D eigenvalue weighted by molar-refractivity contribution is 6.31. The Morgan fingerprint density at radius 2 is 1.73 bits per heavy atom. The van der Waals surface area contributed by atoms with Crippen molar-refractivity contribution >= 4 is 28.3 Å². The lowest BCUT2D eigenvalue weighted by Crippen LogP contribution is -2.29. The summed E-state index contributed by atoms with van der Waals surface area (Å²) in [7, 11) is 1.55. The molecule has 4 aromatic rings. The third kappa shape index (κ3) is 3.82. The molecule has 30 heavy (non-hydrogen) atoms. The van der Waals surface area contributed by atoms with Gasteiger partial charge in [0.1, 0.15) is 11.5 Å². The lowest BCUT2D eigenvalue weighted by atomic mass is 9.92. The molecule has 0 bridgehead atoms. The number of hydrogen-bond donors (Lipinski definition) is 2. The fraction of sp³-hybridized carbons (Fsp3) is 0.0800. The van der Waals surface area contributed by atoms with E-state index in [-0.39, 0.29) is 11.7 Å². The lowest BCUT2D eigenvalue weighted by molar-refractivity contribution is 0.0942. The van der Waals surface area contributed by atoms with Crippen LogP contribution in [0.1, 0.15) is 27.5 Å². The second-order valence-corrected chi connectivity index (χ2v) is 7.29. The molecule has 4 aromatic carbocycles. The molecule has 0 aliphatic heterocycles. The van der Waals surface area contributed by atoms with Crippen molar-refractivity contribution in [3.8, 4) is 11.5 Å². The van der Waals surface area contributed by atoms with E-state index in [0.29, 0.717) is 27.5 Å². The van der Waals surface area contributed by atoms with Crippen LogP contribution in [0.3, 0.4) is 0 Å². The van der Waals surface area contributed by atoms with Crippen molar-refractivity contribution in [3.63, 3.8) is 0 Å². The molecule has 1 atom stereocenters. The van der Waals surface area contributed by atoms with Gasteiger partial charge in [0, 0.05) is 16.1 Å². The maximum atomic E-state index is 13.1. The lowest BCUT2D eigenvalue weighted by Gasteiger charge is -2.23. The van der Waals surface area contributed by atoms with Crippen LogP contribution in [-0.4, -0.2) is 18.1 Å². The quantitative estimate of drug-likeness (QED) is 0.436. The Bertz CT molecular complexity index is 1220. The molecule has 4 nitrogen and oxygen atoms in total. The average Bonchev–Trinajstić information content (AvgIpc) is 2.78. The highest BCUT2D eigenvalue weighted by atomic mass is 35.5. The molecule has 0 spiro atoms. The zero-order valence-corrected chi connectivity index (χ0v) is 17.1. The van der Waals surface area contributed by atoms with Gasteiger partial charge < -0.3 is 15.2 Å². The number of phenolic OH excluding ortho intramolecular Hbond substituents is 1. The van der Waals surface area contributed by atoms with Gasteiger partial charge in [-0.25, -0.2) is 0 Å². The van der Waals surface area contributed by atoms with E-state index in [1.54, 1.807) is 43.5 Å². The normalized spacial score (nSPS) is 11.8. The summed E-state index contributed by atoms with van der Waals surface area (Å²) in [5.41, 5.74) is 1.74. The first-order valence-corrected chi connectivity index (χ1v) is 9.86. The standard InChI is InChI=1S/C25H20ClNO3/c1-30-18-9-6-8-17(15-18)25(29)27-24(20-11-4-5-12-21(20)26)23-19-10-3-2-7-16(19)13-14-22(23)28/h2-15,24,28H,1H3,(H,27,29)/t24-/m0/s1. The number of rotatable bonds is 5. The summed E-state index contributed by atoms with van der Waals surface area (Å²) in [6, 6.07) is 24.8. The van der Waals surface area contributed by atoms with Gasteiger partial charge in [-0.05, 0) is 46.7 Å². The minimum atomic E-state index is -0.650. The molecule has 2 N–H and O–H groups in total. The maximum absolute atomic E-state index is 13.1. The van der Waals surface area contributed by atoms with Gasteiger partial charge in [0.2, 0.25) is 0 Å². The highest BCUT2D eigenvalue weighted by Gasteiger charge is 2.25. The van der Waals surface area contributed by atoms with Gasteiger partial charge in [0.15, 0.2) is 0 Å². The molecule has 0 heterocycles. The van der Waals surface area contributed by atoms with E-state index in [2.05, 4.69) is 5.32 Å². The highest BCUT2D eigenvalue weighted by Crippen LogP contribution is 2.38. The van der Waals surface area contributed by atoms with Crippen LogP contribution >= 0.6 is 11.6 Å². The topological polar surface area (TPSA) is 58.6 Å². The molecule has 0 saturated carbocycles. The van der Waals surface area contributed by atoms with E-state index >= 15 is 0 Å². The Morgan fingerprint density at radius 1 is 0.967 bits per heavy atom. The van der Waals surface area contributed by atoms with Crippen LogP contribution in [0.15, 0.2) is 84.9 Å². The second-order valence-electron chi connectivity index (χ2n) is 6.88. The van der Waals surface area contributed by atoms with Crippen LogP contribution in [-0.2, 0) is 0 Å². The molecule has 0 unspecified atom stereocenters. The number of nitrogens with one attached hydrogen (secondary N) is 1. The van der Waals surface area contributed by atoms with Crippen molar-refractivity contribution in [3.05, 3.63) is 107 Å². The summed E-state index contributed by atoms with van der Waals surface area (Å²) >= 11 is 6.50. The van der Waals surface area contributed by atoms with Crippen LogP contribution in [0.25, 0.3) is 10.8 Å². The van der Waals surface area contributed by atoms with E-state index in [1.807, 2.05) is 48.5 Å². The van der Waals surface area contributed by atoms with E-state index < -0.39 is 6.04 Å². The van der Waals surface area contributed by atoms with Crippen molar-refractivity contribution in [2.24, 2.45) is 0 Å². The number of carbonyl (C=O) groups excluding carboxylic acids is 1. The van der Waals surface area contributed by atoms with Crippen molar-refractivity contribution in [2.45, 2.75) is 6.04 Å². The van der Waals surface area contributed by atoms with Gasteiger partial charge in [-0.2, -0.15) is 0 Å². The van der Waals surface area contributed by atoms with Gasteiger partial charge >= 0.3 is 0 Å². The number of hydrogen-bond acceptors (Lipinski definition) is 3. The van der Waals surface area contributed by atoms with Crippen LogP contribution < -0.4 is 10.1 Å². The number of halogens is 1. The zero-order valence-electron chi connectivity index (χ0n) is 16.3. The van der Waals surface area contributed by atoms with Crippen LogP contribution in [0.4, 0.5) is 0 Å². The molecular formula is C25H20ClNO3. The third-order valence-corrected chi connectivity index (χ3v) is 5.40. The molecule has 0 aliphatic rings. The van der Waals surface area contributed by atoms with Gasteiger partial charge in [-0.1, -0.05) is 66.2 Å². The predicted octanol–water partition coefficient (Wildman–Crippen LogP) is 5.73. The van der Waals surface area contributed by atoms with Gasteiger partial charge in [0.05, 0.1) is 13.2 Å². The fourth-order valence-electron chi connectivity index (χ4n) is 3.58. The number of phenols is 1. The first-order valence-electron chi connectivity index (χ1n) is 9.48. The summed E-state index contributed by atoms with van der Waals surface area (Å²) < 4.78 is 5.23. The number of amides is 1. The Morgan fingerprint density at radius 3 is 2.53 bits per heavy atom. The number of fused-ring (bicyclic) bond motifs is 1. The number of methoxy groups -OCH3 is 1. The first kappa shape index (κ1) is 19.8. The molecule has 5 heteroatoms. The summed E-state index contributed by atoms with van der Waals surface area (Å²) in [6.45, 7) is 0. The molecule has 0 saturated heterocycles. The van der Waals surface area contributed by atoms with E-state index in [4.69, 9.17) is 16.3 Å². The van der Waals surface area contributed by atoms with Gasteiger partial charge in [0.25, 0.3) is 5.91 Å². The van der Waals surface area contributed by atoms with E-state index in [0.717, 1.165) is 10.8 Å². The van der Waals surface area contributed by atoms with Crippen LogP contribution in [0.2, 0.25) is 5.02 Å². The maximum Gasteiger partial charge on any atom is 0.252 e. The average molecular weight is 418 g/mol. The summed E-state index contributed by atoms with van der Waals surface area (Å²) in [5.74, 6) is 0.376. The van der Waals surface area contributed by atoms with E-state index in [9.17, 15) is 9.90 Å². The van der Waals surface area contributed by atoms with Gasteiger partial charge in [-0.15, -0.1) is 0 Å². The minimum Gasteiger partial charge on any atom is -0.508 e. The molecule has 150 valence electrons. The Kier molecular flexibility index (Phi) is 5.59. The number of carbonyl (C=O) groups is 1. The second kappa shape index (κ2) is 8.47. The van der Waals surface area contributed by atoms with Crippen LogP contribution in [0.5, 0.6) is 11.5 Å². The summed E-state index contributed by atoms with van der Waals surface area (Å²) in [4.78, 5) is 13.1. The SMILES string of the molecule is COc1cccc(C(=O)N[C@@H](c2ccccc2Cl)c2c(O)ccc3ccccc23)c1. The largest absolute Gasteiger partial charge is 0.508 e. The molecule has 4 rings (SSSR count). The number of ether oxygens (including phenoxy) is 1. The fourth-order valence-corrected chi connectivity index (χ4v) is 3.83. The van der Waals surface area contributed by atoms with Crippen LogP contribution in [0, 0.1) is 0 Å². The molecule has 0 aliphatic carbocycles. The zero-order chi connectivity index (χ0) is 21.1. The van der Waals surface area contributed by atoms with Crippen molar-refractivity contribution in [1.29, 1.82) is 0 Å². The third-order valence-electron chi connectivity index (χ3n) is 5.06. The van der Waals surface area contributed by atoms with Crippen molar-refractivity contribution < 1.29 is 14.6 Å². The van der Waals surface area contributed by atoms with Crippen molar-refractivity contribution in [1.82, 2.24) is 5.32 Å². The summed E-state index contributed by atoms with van der Waals surface area (Å²) in [6.07, 6.45) is 0. The number of benzene rings is 4. The predicted molar refractivity (Wildman–Crippen MR) is 119 cm³/mol. The smallest absolute Gasteiger partial charge is 0.252 e.